The van der Waals surface area contributed by atoms with E-state index in [-0.39, 0.29) is 11.8 Å². The van der Waals surface area contributed by atoms with Gasteiger partial charge in [-0.3, -0.25) is 9.59 Å². The predicted molar refractivity (Wildman–Crippen MR) is 133 cm³/mol. The standard InChI is InChI=1S/C28H33N3O3/c1-34-21-13-10-20(11-14-21)12-15-26(32)30-16-5-17-31(19-18-30)28(33)24-8-4-7-23-22-6-2-3-9-25(22)29-27(23)24/h4,7-8,10-11,13-14,29H,2-3,5-6,9,12,15-19H2,1H3. The van der Waals surface area contributed by atoms with Crippen molar-refractivity contribution in [3.63, 3.8) is 0 Å². The van der Waals surface area contributed by atoms with Crippen molar-refractivity contribution in [3.8, 4) is 5.75 Å². The van der Waals surface area contributed by atoms with Crippen LogP contribution in [0, 0.1) is 0 Å². The number of nitrogens with one attached hydrogen (secondary N) is 1. The Morgan fingerprint density at radius 2 is 1.68 bits per heavy atom. The van der Waals surface area contributed by atoms with Crippen molar-refractivity contribution in [1.29, 1.82) is 0 Å². The minimum atomic E-state index is 0.0664. The van der Waals surface area contributed by atoms with Crippen molar-refractivity contribution < 1.29 is 14.3 Å². The highest BCUT2D eigenvalue weighted by atomic mass is 16.5. The van der Waals surface area contributed by atoms with E-state index in [1.807, 2.05) is 46.2 Å². The van der Waals surface area contributed by atoms with E-state index < -0.39 is 0 Å². The largest absolute Gasteiger partial charge is 0.497 e. The van der Waals surface area contributed by atoms with Gasteiger partial charge in [-0.2, -0.15) is 0 Å². The number of benzene rings is 2. The SMILES string of the molecule is COc1ccc(CCC(=O)N2CCCN(C(=O)c3cccc4c5c([nH]c34)CCCC5)CC2)cc1. The van der Waals surface area contributed by atoms with Crippen LogP contribution in [-0.4, -0.2) is 59.9 Å². The number of hydrogen-bond donors (Lipinski definition) is 1. The smallest absolute Gasteiger partial charge is 0.256 e. The number of carbonyl (C=O) groups is 2. The summed E-state index contributed by atoms with van der Waals surface area (Å²) in [6, 6.07) is 14.0. The van der Waals surface area contributed by atoms with Gasteiger partial charge in [-0.05, 0) is 67.9 Å². The summed E-state index contributed by atoms with van der Waals surface area (Å²) in [5.74, 6) is 1.04. The predicted octanol–water partition coefficient (Wildman–Crippen LogP) is 4.36. The monoisotopic (exact) mass is 459 g/mol. The molecule has 0 spiro atoms. The molecule has 178 valence electrons. The molecule has 1 aliphatic carbocycles. The van der Waals surface area contributed by atoms with Crippen LogP contribution >= 0.6 is 0 Å². The highest BCUT2D eigenvalue weighted by Gasteiger charge is 2.25. The zero-order chi connectivity index (χ0) is 23.5. The van der Waals surface area contributed by atoms with E-state index in [0.717, 1.165) is 41.7 Å². The first-order chi connectivity index (χ1) is 16.6. The number of para-hydroxylation sites is 1. The van der Waals surface area contributed by atoms with Gasteiger partial charge in [0.2, 0.25) is 5.91 Å². The van der Waals surface area contributed by atoms with Gasteiger partial charge < -0.3 is 19.5 Å². The Labute approximate surface area is 200 Å². The maximum atomic E-state index is 13.5. The summed E-state index contributed by atoms with van der Waals surface area (Å²) in [5, 5.41) is 1.20. The third kappa shape index (κ3) is 4.54. The molecular formula is C28H33N3O3. The van der Waals surface area contributed by atoms with Crippen molar-refractivity contribution in [2.24, 2.45) is 0 Å². The molecule has 1 N–H and O–H groups in total. The van der Waals surface area contributed by atoms with Gasteiger partial charge in [0.25, 0.3) is 5.91 Å². The molecule has 1 aliphatic heterocycles. The van der Waals surface area contributed by atoms with Crippen LogP contribution in [0.5, 0.6) is 5.75 Å². The van der Waals surface area contributed by atoms with Crippen molar-refractivity contribution in [1.82, 2.24) is 14.8 Å². The molecule has 3 aromatic rings. The Morgan fingerprint density at radius 3 is 2.50 bits per heavy atom. The maximum Gasteiger partial charge on any atom is 0.256 e. The van der Waals surface area contributed by atoms with E-state index >= 15 is 0 Å². The molecule has 2 aliphatic rings. The molecule has 34 heavy (non-hydrogen) atoms. The van der Waals surface area contributed by atoms with Crippen LogP contribution in [0.15, 0.2) is 42.5 Å². The fourth-order valence-electron chi connectivity index (χ4n) is 5.35. The fourth-order valence-corrected chi connectivity index (χ4v) is 5.35. The average molecular weight is 460 g/mol. The highest BCUT2D eigenvalue weighted by molar-refractivity contribution is 6.06. The van der Waals surface area contributed by atoms with Crippen LogP contribution in [-0.2, 0) is 24.1 Å². The third-order valence-electron chi connectivity index (χ3n) is 7.29. The number of fused-ring (bicyclic) bond motifs is 3. The number of nitrogens with zero attached hydrogens (tertiary/aromatic N) is 2. The maximum absolute atomic E-state index is 13.5. The van der Waals surface area contributed by atoms with Crippen LogP contribution < -0.4 is 4.74 Å². The molecule has 6 nitrogen and oxygen atoms in total. The molecule has 2 heterocycles. The lowest BCUT2D eigenvalue weighted by molar-refractivity contribution is -0.131. The lowest BCUT2D eigenvalue weighted by atomic mass is 9.95. The van der Waals surface area contributed by atoms with Gasteiger partial charge in [-0.1, -0.05) is 24.3 Å². The molecule has 6 heteroatoms. The summed E-state index contributed by atoms with van der Waals surface area (Å²) < 4.78 is 5.20. The zero-order valence-electron chi connectivity index (χ0n) is 19.9. The number of H-pyrrole nitrogens is 1. The van der Waals surface area contributed by atoms with Crippen LogP contribution in [0.3, 0.4) is 0 Å². The number of methoxy groups -OCH3 is 1. The lowest BCUT2D eigenvalue weighted by Crippen LogP contribution is -2.37. The quantitative estimate of drug-likeness (QED) is 0.616. The first-order valence-corrected chi connectivity index (χ1v) is 12.5. The minimum Gasteiger partial charge on any atom is -0.497 e. The van der Waals surface area contributed by atoms with Crippen LogP contribution in [0.2, 0.25) is 0 Å². The molecule has 0 saturated carbocycles. The average Bonchev–Trinajstić information content (AvgIpc) is 3.08. The van der Waals surface area contributed by atoms with Gasteiger partial charge >= 0.3 is 0 Å². The second-order valence-electron chi connectivity index (χ2n) is 9.39. The zero-order valence-corrected chi connectivity index (χ0v) is 19.9. The van der Waals surface area contributed by atoms with Gasteiger partial charge in [0, 0.05) is 43.7 Å². The first kappa shape index (κ1) is 22.5. The van der Waals surface area contributed by atoms with Crippen molar-refractivity contribution in [3.05, 3.63) is 64.8 Å². The second kappa shape index (κ2) is 9.92. The Balaban J connectivity index is 1.22. The van der Waals surface area contributed by atoms with Crippen LogP contribution in [0.25, 0.3) is 10.9 Å². The summed E-state index contributed by atoms with van der Waals surface area (Å²) in [6.07, 6.45) is 6.57. The third-order valence-corrected chi connectivity index (χ3v) is 7.29. The molecular weight excluding hydrogens is 426 g/mol. The molecule has 1 aromatic heterocycles. The molecule has 2 aromatic carbocycles. The number of aromatic amines is 1. The molecule has 0 radical (unpaired) electrons. The topological polar surface area (TPSA) is 65.6 Å². The molecule has 5 rings (SSSR count). The Morgan fingerprint density at radius 1 is 0.912 bits per heavy atom. The van der Waals surface area contributed by atoms with E-state index in [4.69, 9.17) is 4.74 Å². The van der Waals surface area contributed by atoms with E-state index in [0.29, 0.717) is 39.0 Å². The van der Waals surface area contributed by atoms with Crippen molar-refractivity contribution in [2.75, 3.05) is 33.3 Å². The van der Waals surface area contributed by atoms with Crippen molar-refractivity contribution in [2.45, 2.75) is 44.9 Å². The van der Waals surface area contributed by atoms with Gasteiger partial charge in [0.05, 0.1) is 18.2 Å². The second-order valence-corrected chi connectivity index (χ2v) is 9.39. The summed E-state index contributed by atoms with van der Waals surface area (Å²) >= 11 is 0. The summed E-state index contributed by atoms with van der Waals surface area (Å²) in [7, 11) is 1.65. The Bertz CT molecular complexity index is 1180. The number of rotatable bonds is 5. The van der Waals surface area contributed by atoms with Gasteiger partial charge in [-0.15, -0.1) is 0 Å². The van der Waals surface area contributed by atoms with Gasteiger partial charge in [0.15, 0.2) is 0 Å². The number of amides is 2. The number of hydrogen-bond acceptors (Lipinski definition) is 3. The molecule has 1 fully saturated rings. The lowest BCUT2D eigenvalue weighted by Gasteiger charge is -2.22. The number of aromatic nitrogens is 1. The molecule has 2 amide bonds. The number of ether oxygens (including phenoxy) is 1. The number of aryl methyl sites for hydroxylation is 3. The van der Waals surface area contributed by atoms with Crippen LogP contribution in [0.1, 0.15) is 52.9 Å². The van der Waals surface area contributed by atoms with E-state index in [9.17, 15) is 9.59 Å². The molecule has 0 bridgehead atoms. The summed E-state index contributed by atoms with van der Waals surface area (Å²) in [5.41, 5.74) is 5.55. The normalized spacial score (nSPS) is 16.3. The molecule has 0 unspecified atom stereocenters. The summed E-state index contributed by atoms with van der Waals surface area (Å²) in [4.78, 5) is 33.8. The van der Waals surface area contributed by atoms with Gasteiger partial charge in [0.1, 0.15) is 5.75 Å². The highest BCUT2D eigenvalue weighted by Crippen LogP contribution is 2.31. The van der Waals surface area contributed by atoms with E-state index in [1.165, 1.54) is 29.5 Å². The van der Waals surface area contributed by atoms with Crippen LogP contribution in [0.4, 0.5) is 0 Å². The van der Waals surface area contributed by atoms with Gasteiger partial charge in [-0.25, -0.2) is 0 Å². The first-order valence-electron chi connectivity index (χ1n) is 12.5. The molecule has 0 atom stereocenters. The minimum absolute atomic E-state index is 0.0664. The molecule has 1 saturated heterocycles. The number of carbonyl (C=O) groups excluding carboxylic acids is 2. The summed E-state index contributed by atoms with van der Waals surface area (Å²) in [6.45, 7) is 2.54. The fraction of sp³-hybridized carbons (Fsp3) is 0.429. The van der Waals surface area contributed by atoms with E-state index in [1.54, 1.807) is 7.11 Å². The van der Waals surface area contributed by atoms with Crippen molar-refractivity contribution >= 4 is 22.7 Å². The Hall–Kier alpha value is -3.28. The van der Waals surface area contributed by atoms with E-state index in [2.05, 4.69) is 11.1 Å². The Kier molecular flexibility index (Phi) is 6.57.